The van der Waals surface area contributed by atoms with Crippen LogP contribution < -0.4 is 5.32 Å². The fourth-order valence-corrected chi connectivity index (χ4v) is 0.597. The number of allylic oxidation sites excluding steroid dienone is 1. The lowest BCUT2D eigenvalue weighted by atomic mass is 9.98. The van der Waals surface area contributed by atoms with Crippen molar-refractivity contribution in [3.63, 3.8) is 0 Å². The van der Waals surface area contributed by atoms with Crippen molar-refractivity contribution >= 4 is 6.72 Å². The smallest absolute Gasteiger partial charge is 0.394 e. The Kier molecular flexibility index (Phi) is 17.3. The second-order valence-electron chi connectivity index (χ2n) is 3.75. The number of nitrogens with one attached hydrogen (secondary N) is 1. The van der Waals surface area contributed by atoms with E-state index < -0.39 is 12.7 Å². The van der Waals surface area contributed by atoms with Gasteiger partial charge in [0.05, 0.1) is 0 Å². The maximum absolute atomic E-state index is 10.9. The van der Waals surface area contributed by atoms with Crippen molar-refractivity contribution in [1.29, 1.82) is 0 Å². The van der Waals surface area contributed by atoms with Crippen molar-refractivity contribution < 1.29 is 13.2 Å². The highest BCUT2D eigenvalue weighted by molar-refractivity contribution is 5.23. The second kappa shape index (κ2) is 14.1. The molecule has 110 valence electrons. The van der Waals surface area contributed by atoms with Gasteiger partial charge < -0.3 is 5.32 Å². The molecule has 0 aliphatic carbocycles. The van der Waals surface area contributed by atoms with E-state index in [0.717, 1.165) is 5.92 Å². The molecule has 1 N–H and O–H groups in total. The molecule has 2 nitrogen and oxygen atoms in total. The topological polar surface area (TPSA) is 24.4 Å². The van der Waals surface area contributed by atoms with Crippen LogP contribution in [0.5, 0.6) is 0 Å². The average molecular weight is 268 g/mol. The fraction of sp³-hybridized carbons (Fsp3) is 0.769. The summed E-state index contributed by atoms with van der Waals surface area (Å²) in [5.41, 5.74) is 0. The van der Waals surface area contributed by atoms with Crippen LogP contribution in [-0.4, -0.2) is 26.5 Å². The third-order valence-corrected chi connectivity index (χ3v) is 1.91. The third kappa shape index (κ3) is 24.3. The van der Waals surface area contributed by atoms with Crippen LogP contribution in [-0.2, 0) is 0 Å². The molecule has 0 rings (SSSR count). The van der Waals surface area contributed by atoms with Gasteiger partial charge >= 0.3 is 6.18 Å². The van der Waals surface area contributed by atoms with Crippen LogP contribution in [0, 0.1) is 11.8 Å². The summed E-state index contributed by atoms with van der Waals surface area (Å²) in [7, 11) is 1.92. The van der Waals surface area contributed by atoms with Crippen LogP contribution >= 0.6 is 0 Å². The Labute approximate surface area is 109 Å². The van der Waals surface area contributed by atoms with Gasteiger partial charge in [-0.1, -0.05) is 40.7 Å². The van der Waals surface area contributed by atoms with E-state index in [0.29, 0.717) is 5.92 Å². The standard InChI is InChI=1S/C8H17N.C3H4F3N.C2H6/c1-7(2)8(3)5-6-9-4;1-7-2-3(4,5)6;1-2/h5-9H,1-4H3;1-2H2;1-2H3/b6-5+;;/t8-;;/m1../s1. The van der Waals surface area contributed by atoms with E-state index in [1.165, 1.54) is 0 Å². The molecule has 0 radical (unpaired) electrons. The van der Waals surface area contributed by atoms with Gasteiger partial charge in [0.15, 0.2) is 0 Å². The van der Waals surface area contributed by atoms with E-state index in [-0.39, 0.29) is 0 Å². The number of alkyl halides is 3. The molecule has 0 bridgehead atoms. The monoisotopic (exact) mass is 268 g/mol. The van der Waals surface area contributed by atoms with Crippen LogP contribution in [0.4, 0.5) is 13.2 Å². The van der Waals surface area contributed by atoms with E-state index in [1.54, 1.807) is 0 Å². The van der Waals surface area contributed by atoms with Gasteiger partial charge in [-0.25, -0.2) is 0 Å². The predicted octanol–water partition coefficient (Wildman–Crippen LogP) is 4.29. The summed E-state index contributed by atoms with van der Waals surface area (Å²) >= 11 is 0. The fourth-order valence-electron chi connectivity index (χ4n) is 0.597. The zero-order valence-electron chi connectivity index (χ0n) is 12.3. The minimum atomic E-state index is -4.18. The Balaban J connectivity index is -0.000000225. The molecule has 0 spiro atoms. The van der Waals surface area contributed by atoms with Gasteiger partial charge in [0.1, 0.15) is 6.54 Å². The second-order valence-corrected chi connectivity index (χ2v) is 3.75. The molecule has 0 aromatic rings. The zero-order chi connectivity index (χ0) is 15.2. The van der Waals surface area contributed by atoms with Crippen LogP contribution in [0.3, 0.4) is 0 Å². The minimum absolute atomic E-state index is 0.678. The molecule has 18 heavy (non-hydrogen) atoms. The first-order valence-corrected chi connectivity index (χ1v) is 6.07. The first-order valence-electron chi connectivity index (χ1n) is 6.07. The van der Waals surface area contributed by atoms with E-state index in [9.17, 15) is 13.2 Å². The van der Waals surface area contributed by atoms with Gasteiger partial charge in [-0.2, -0.15) is 13.2 Å². The van der Waals surface area contributed by atoms with Crippen molar-refractivity contribution in [3.05, 3.63) is 12.3 Å². The summed E-state index contributed by atoms with van der Waals surface area (Å²) in [5.74, 6) is 1.42. The SMILES string of the molecule is C=NCC(F)(F)F.CC.CN/C=C/[C@@H](C)C(C)C. The van der Waals surface area contributed by atoms with Crippen molar-refractivity contribution in [3.8, 4) is 0 Å². The summed E-state index contributed by atoms with van der Waals surface area (Å²) in [6, 6.07) is 0. The Morgan fingerprint density at radius 3 is 1.83 bits per heavy atom. The molecule has 0 aromatic carbocycles. The highest BCUT2D eigenvalue weighted by Gasteiger charge is 2.25. The number of aliphatic imine (C=N–C) groups is 1. The molecule has 0 saturated heterocycles. The van der Waals surface area contributed by atoms with E-state index in [2.05, 4.69) is 43.9 Å². The number of halogens is 3. The lowest BCUT2D eigenvalue weighted by Crippen LogP contribution is -2.10. The first kappa shape index (κ1) is 22.2. The van der Waals surface area contributed by atoms with Crippen molar-refractivity contribution in [2.45, 2.75) is 40.8 Å². The van der Waals surface area contributed by atoms with Crippen molar-refractivity contribution in [1.82, 2.24) is 5.32 Å². The summed E-state index contributed by atoms with van der Waals surface area (Å²) in [5, 5.41) is 2.97. The first-order chi connectivity index (χ1) is 8.24. The van der Waals surface area contributed by atoms with E-state index in [4.69, 9.17) is 0 Å². The van der Waals surface area contributed by atoms with Gasteiger partial charge in [-0.3, -0.25) is 4.99 Å². The van der Waals surface area contributed by atoms with Crippen LogP contribution in [0.1, 0.15) is 34.6 Å². The molecule has 0 aromatic heterocycles. The highest BCUT2D eigenvalue weighted by Crippen LogP contribution is 2.13. The predicted molar refractivity (Wildman–Crippen MR) is 74.0 cm³/mol. The molecule has 0 aliphatic rings. The Morgan fingerprint density at radius 2 is 1.67 bits per heavy atom. The molecule has 0 unspecified atom stereocenters. The van der Waals surface area contributed by atoms with Gasteiger partial charge in [-0.15, -0.1) is 0 Å². The molecule has 1 atom stereocenters. The minimum Gasteiger partial charge on any atom is -0.394 e. The summed E-state index contributed by atoms with van der Waals surface area (Å²) in [4.78, 5) is 2.63. The molecule has 5 heteroatoms. The van der Waals surface area contributed by atoms with Gasteiger partial charge in [0.2, 0.25) is 0 Å². The summed E-state index contributed by atoms with van der Waals surface area (Å²) in [6.07, 6.45) is -0.00289. The Hall–Kier alpha value is -1.00. The quantitative estimate of drug-likeness (QED) is 0.756. The zero-order valence-corrected chi connectivity index (χ0v) is 12.3. The summed E-state index contributed by atoms with van der Waals surface area (Å²) in [6.45, 7) is 12.2. The molecular weight excluding hydrogens is 241 g/mol. The normalized spacial score (nSPS) is 12.1. The molecule has 0 saturated carbocycles. The lowest BCUT2D eigenvalue weighted by molar-refractivity contribution is -0.118. The Morgan fingerprint density at radius 1 is 1.22 bits per heavy atom. The molecular formula is C13H27F3N2. The third-order valence-electron chi connectivity index (χ3n) is 1.91. The maximum Gasteiger partial charge on any atom is 0.407 e. The van der Waals surface area contributed by atoms with Crippen LogP contribution in [0.25, 0.3) is 0 Å². The maximum atomic E-state index is 10.9. The summed E-state index contributed by atoms with van der Waals surface area (Å²) < 4.78 is 32.8. The largest absolute Gasteiger partial charge is 0.407 e. The van der Waals surface area contributed by atoms with Crippen LogP contribution in [0.15, 0.2) is 17.3 Å². The molecule has 0 fully saturated rings. The number of rotatable bonds is 4. The average Bonchev–Trinajstić information content (AvgIpc) is 2.27. The Bertz CT molecular complexity index is 199. The molecule has 0 amide bonds. The van der Waals surface area contributed by atoms with Crippen molar-refractivity contribution in [2.24, 2.45) is 16.8 Å². The molecule has 0 aliphatic heterocycles. The van der Waals surface area contributed by atoms with Gasteiger partial charge in [0.25, 0.3) is 0 Å². The van der Waals surface area contributed by atoms with Gasteiger partial charge in [-0.05, 0) is 24.8 Å². The highest BCUT2D eigenvalue weighted by atomic mass is 19.4. The number of hydrogen-bond acceptors (Lipinski definition) is 2. The van der Waals surface area contributed by atoms with E-state index in [1.807, 2.05) is 27.1 Å². The lowest BCUT2D eigenvalue weighted by Gasteiger charge is -2.08. The number of hydrogen-bond donors (Lipinski definition) is 1. The van der Waals surface area contributed by atoms with Crippen molar-refractivity contribution in [2.75, 3.05) is 13.6 Å². The molecule has 0 heterocycles. The van der Waals surface area contributed by atoms with E-state index >= 15 is 0 Å². The van der Waals surface area contributed by atoms with Gasteiger partial charge in [0, 0.05) is 7.05 Å². The van der Waals surface area contributed by atoms with Crippen LogP contribution in [0.2, 0.25) is 0 Å². The number of nitrogens with zero attached hydrogens (tertiary/aromatic N) is 1.